The summed E-state index contributed by atoms with van der Waals surface area (Å²) in [5, 5.41) is 9.14. The van der Waals surface area contributed by atoms with Crippen LogP contribution in [-0.4, -0.2) is 6.10 Å². The highest BCUT2D eigenvalue weighted by atomic mass is 79.9. The molecule has 0 amide bonds. The minimum Gasteiger partial charge on any atom is -0.488 e. The van der Waals surface area contributed by atoms with Gasteiger partial charge in [0.1, 0.15) is 11.9 Å². The van der Waals surface area contributed by atoms with E-state index >= 15 is 0 Å². The second-order valence-electron chi connectivity index (χ2n) is 3.09. The van der Waals surface area contributed by atoms with Gasteiger partial charge in [0, 0.05) is 4.47 Å². The molecule has 1 aromatic carbocycles. The lowest BCUT2D eigenvalue weighted by molar-refractivity contribution is 0.202. The van der Waals surface area contributed by atoms with Crippen LogP contribution in [0.25, 0.3) is 0 Å². The zero-order valence-corrected chi connectivity index (χ0v) is 10.7. The number of halogens is 2. The largest absolute Gasteiger partial charge is 0.488 e. The van der Waals surface area contributed by atoms with E-state index in [-0.39, 0.29) is 6.10 Å². The second kappa shape index (κ2) is 5.99. The molecular formula is C11H11BrClNO. The Morgan fingerprint density at radius 2 is 2.33 bits per heavy atom. The van der Waals surface area contributed by atoms with Gasteiger partial charge in [0.05, 0.1) is 17.5 Å². The molecule has 0 aliphatic carbocycles. The SMILES string of the molecule is CCC(CC#N)Oc1ccc(Br)cc1Cl. The fourth-order valence-electron chi connectivity index (χ4n) is 1.12. The molecule has 0 saturated heterocycles. The first kappa shape index (κ1) is 12.4. The molecule has 1 unspecified atom stereocenters. The van der Waals surface area contributed by atoms with E-state index in [2.05, 4.69) is 22.0 Å². The lowest BCUT2D eigenvalue weighted by Crippen LogP contribution is -2.14. The van der Waals surface area contributed by atoms with Gasteiger partial charge in [-0.3, -0.25) is 0 Å². The molecule has 1 aromatic rings. The van der Waals surface area contributed by atoms with Crippen molar-refractivity contribution in [3.05, 3.63) is 27.7 Å². The Labute approximate surface area is 103 Å². The lowest BCUT2D eigenvalue weighted by Gasteiger charge is -2.15. The van der Waals surface area contributed by atoms with Crippen molar-refractivity contribution in [2.24, 2.45) is 0 Å². The number of nitrogens with zero attached hydrogens (tertiary/aromatic N) is 1. The summed E-state index contributed by atoms with van der Waals surface area (Å²) < 4.78 is 6.52. The van der Waals surface area contributed by atoms with Crippen LogP contribution in [0.5, 0.6) is 5.75 Å². The first-order valence-corrected chi connectivity index (χ1v) is 5.83. The smallest absolute Gasteiger partial charge is 0.138 e. The van der Waals surface area contributed by atoms with Crippen LogP contribution in [0.2, 0.25) is 5.02 Å². The maximum absolute atomic E-state index is 8.59. The fraction of sp³-hybridized carbons (Fsp3) is 0.364. The number of benzene rings is 1. The molecule has 2 nitrogen and oxygen atoms in total. The zero-order chi connectivity index (χ0) is 11.3. The number of rotatable bonds is 4. The Kier molecular flexibility index (Phi) is 4.93. The van der Waals surface area contributed by atoms with Crippen LogP contribution in [0.1, 0.15) is 19.8 Å². The monoisotopic (exact) mass is 287 g/mol. The molecule has 4 heteroatoms. The third-order valence-electron chi connectivity index (χ3n) is 1.96. The third-order valence-corrected chi connectivity index (χ3v) is 2.75. The van der Waals surface area contributed by atoms with Crippen LogP contribution in [0.15, 0.2) is 22.7 Å². The fourth-order valence-corrected chi connectivity index (χ4v) is 1.84. The number of hydrogen-bond donors (Lipinski definition) is 0. The van der Waals surface area contributed by atoms with Gasteiger partial charge < -0.3 is 4.74 Å². The molecule has 0 aliphatic rings. The molecule has 15 heavy (non-hydrogen) atoms. The molecule has 0 fully saturated rings. The summed E-state index contributed by atoms with van der Waals surface area (Å²) in [6, 6.07) is 7.53. The van der Waals surface area contributed by atoms with Crippen LogP contribution in [0.3, 0.4) is 0 Å². The van der Waals surface area contributed by atoms with Gasteiger partial charge in [0.2, 0.25) is 0 Å². The summed E-state index contributed by atoms with van der Waals surface area (Å²) in [6.45, 7) is 1.98. The van der Waals surface area contributed by atoms with Crippen molar-refractivity contribution in [1.82, 2.24) is 0 Å². The Morgan fingerprint density at radius 1 is 1.60 bits per heavy atom. The summed E-state index contributed by atoms with van der Waals surface area (Å²) in [4.78, 5) is 0. The van der Waals surface area contributed by atoms with E-state index in [4.69, 9.17) is 21.6 Å². The van der Waals surface area contributed by atoms with Gasteiger partial charge in [-0.05, 0) is 24.6 Å². The van der Waals surface area contributed by atoms with Crippen molar-refractivity contribution in [3.8, 4) is 11.8 Å². The number of ether oxygens (including phenoxy) is 1. The number of nitriles is 1. The Balaban J connectivity index is 2.75. The van der Waals surface area contributed by atoms with Crippen molar-refractivity contribution in [1.29, 1.82) is 5.26 Å². The topological polar surface area (TPSA) is 33.0 Å². The highest BCUT2D eigenvalue weighted by Gasteiger charge is 2.10. The number of hydrogen-bond acceptors (Lipinski definition) is 2. The van der Waals surface area contributed by atoms with Crippen molar-refractivity contribution in [2.75, 3.05) is 0 Å². The lowest BCUT2D eigenvalue weighted by atomic mass is 10.2. The normalized spacial score (nSPS) is 11.9. The van der Waals surface area contributed by atoms with Gasteiger partial charge >= 0.3 is 0 Å². The van der Waals surface area contributed by atoms with E-state index in [0.717, 1.165) is 10.9 Å². The van der Waals surface area contributed by atoms with Crippen molar-refractivity contribution in [3.63, 3.8) is 0 Å². The van der Waals surface area contributed by atoms with E-state index in [1.807, 2.05) is 13.0 Å². The van der Waals surface area contributed by atoms with E-state index in [0.29, 0.717) is 17.2 Å². The van der Waals surface area contributed by atoms with E-state index in [1.54, 1.807) is 12.1 Å². The third kappa shape index (κ3) is 3.73. The standard InChI is InChI=1S/C11H11BrClNO/c1-2-9(5-6-14)15-11-4-3-8(12)7-10(11)13/h3-4,7,9H,2,5H2,1H3. The highest BCUT2D eigenvalue weighted by Crippen LogP contribution is 2.29. The highest BCUT2D eigenvalue weighted by molar-refractivity contribution is 9.10. The first-order valence-electron chi connectivity index (χ1n) is 4.66. The molecule has 0 radical (unpaired) electrons. The summed E-state index contributed by atoms with van der Waals surface area (Å²) in [5.41, 5.74) is 0. The van der Waals surface area contributed by atoms with Crippen LogP contribution < -0.4 is 4.74 Å². The molecule has 0 saturated carbocycles. The Hall–Kier alpha value is -0.720. The molecule has 1 atom stereocenters. The van der Waals surface area contributed by atoms with Gasteiger partial charge in [-0.2, -0.15) is 5.26 Å². The van der Waals surface area contributed by atoms with Gasteiger partial charge in [0.15, 0.2) is 0 Å². The molecular weight excluding hydrogens is 277 g/mol. The predicted molar refractivity (Wildman–Crippen MR) is 64.1 cm³/mol. The van der Waals surface area contributed by atoms with Gasteiger partial charge in [-0.1, -0.05) is 34.5 Å². The van der Waals surface area contributed by atoms with Gasteiger partial charge in [0.25, 0.3) is 0 Å². The minimum absolute atomic E-state index is 0.0892. The summed E-state index contributed by atoms with van der Waals surface area (Å²) in [6.07, 6.45) is 1.08. The van der Waals surface area contributed by atoms with Crippen molar-refractivity contribution in [2.45, 2.75) is 25.9 Å². The molecule has 0 N–H and O–H groups in total. The van der Waals surface area contributed by atoms with Crippen LogP contribution in [-0.2, 0) is 0 Å². The first-order chi connectivity index (χ1) is 7.17. The molecule has 0 aromatic heterocycles. The van der Waals surface area contributed by atoms with Gasteiger partial charge in [-0.25, -0.2) is 0 Å². The molecule has 0 spiro atoms. The van der Waals surface area contributed by atoms with E-state index in [9.17, 15) is 0 Å². The summed E-state index contributed by atoms with van der Waals surface area (Å²) >= 11 is 9.31. The molecule has 0 heterocycles. The quantitative estimate of drug-likeness (QED) is 0.833. The molecule has 0 bridgehead atoms. The van der Waals surface area contributed by atoms with Gasteiger partial charge in [-0.15, -0.1) is 0 Å². The average Bonchev–Trinajstić information content (AvgIpc) is 2.21. The van der Waals surface area contributed by atoms with Crippen molar-refractivity contribution < 1.29 is 4.74 Å². The predicted octanol–water partition coefficient (Wildman–Crippen LogP) is 4.17. The van der Waals surface area contributed by atoms with Crippen LogP contribution in [0.4, 0.5) is 0 Å². The molecule has 0 aliphatic heterocycles. The Bertz CT molecular complexity index is 375. The average molecular weight is 289 g/mol. The summed E-state index contributed by atoms with van der Waals surface area (Å²) in [7, 11) is 0. The maximum Gasteiger partial charge on any atom is 0.138 e. The van der Waals surface area contributed by atoms with E-state index < -0.39 is 0 Å². The Morgan fingerprint density at radius 3 is 2.87 bits per heavy atom. The summed E-state index contributed by atoms with van der Waals surface area (Å²) in [5.74, 6) is 0.627. The van der Waals surface area contributed by atoms with E-state index in [1.165, 1.54) is 0 Å². The molecule has 80 valence electrons. The second-order valence-corrected chi connectivity index (χ2v) is 4.41. The van der Waals surface area contributed by atoms with Crippen LogP contribution in [0, 0.1) is 11.3 Å². The maximum atomic E-state index is 8.59. The zero-order valence-electron chi connectivity index (χ0n) is 8.34. The minimum atomic E-state index is -0.0892. The molecule has 1 rings (SSSR count). The van der Waals surface area contributed by atoms with Crippen LogP contribution >= 0.6 is 27.5 Å². The van der Waals surface area contributed by atoms with Crippen molar-refractivity contribution >= 4 is 27.5 Å².